The van der Waals surface area contributed by atoms with Gasteiger partial charge in [0.1, 0.15) is 4.87 Å². The van der Waals surface area contributed by atoms with Gasteiger partial charge >= 0.3 is 6.18 Å². The summed E-state index contributed by atoms with van der Waals surface area (Å²) in [6.45, 7) is 1.05. The van der Waals surface area contributed by atoms with Crippen LogP contribution < -0.4 is 0 Å². The summed E-state index contributed by atoms with van der Waals surface area (Å²) in [4.78, 5) is -1.98. The minimum atomic E-state index is -4.25. The Hall–Kier alpha value is 0.0800. The lowest BCUT2D eigenvalue weighted by Crippen LogP contribution is -2.38. The number of hydrogen-bond donors (Lipinski definition) is 0. The molecule has 1 saturated carbocycles. The lowest BCUT2D eigenvalue weighted by atomic mass is 10.1. The molecule has 1 fully saturated rings. The van der Waals surface area contributed by atoms with Crippen LogP contribution in [-0.4, -0.2) is 11.1 Å². The van der Waals surface area contributed by atoms with E-state index >= 15 is 0 Å². The van der Waals surface area contributed by atoms with Gasteiger partial charge in [0, 0.05) is 0 Å². The molecule has 0 aromatic rings. The van der Waals surface area contributed by atoms with Gasteiger partial charge in [0.25, 0.3) is 0 Å². The molecule has 0 spiro atoms. The zero-order valence-electron chi connectivity index (χ0n) is 5.50. The molecule has 10 heavy (non-hydrogen) atoms. The Balaban J connectivity index is 2.66. The average Bonchev–Trinajstić information content (AvgIpc) is 2.38. The van der Waals surface area contributed by atoms with E-state index in [1.54, 1.807) is 0 Å². The summed E-state index contributed by atoms with van der Waals surface area (Å²) in [6.07, 6.45) is -3.03. The Labute approximate surface area is 62.4 Å². The summed E-state index contributed by atoms with van der Waals surface area (Å²) in [6, 6.07) is 0. The van der Waals surface area contributed by atoms with E-state index in [4.69, 9.17) is 11.6 Å². The Morgan fingerprint density at radius 1 is 1.30 bits per heavy atom. The van der Waals surface area contributed by atoms with Crippen molar-refractivity contribution in [1.82, 2.24) is 0 Å². The Bertz CT molecular complexity index is 134. The molecular weight excluding hydrogens is 165 g/mol. The molecule has 1 atom stereocenters. The van der Waals surface area contributed by atoms with Gasteiger partial charge in [0.15, 0.2) is 0 Å². The van der Waals surface area contributed by atoms with Crippen molar-refractivity contribution in [2.45, 2.75) is 30.8 Å². The normalized spacial score (nSPS) is 26.1. The monoisotopic (exact) mass is 172 g/mol. The summed E-state index contributed by atoms with van der Waals surface area (Å²) in [5, 5.41) is 0. The second-order valence-electron chi connectivity index (χ2n) is 2.85. The van der Waals surface area contributed by atoms with Gasteiger partial charge in [0.2, 0.25) is 0 Å². The summed E-state index contributed by atoms with van der Waals surface area (Å²) in [5.41, 5.74) is 0. The number of halogens is 4. The maximum atomic E-state index is 12.0. The number of hydrogen-bond acceptors (Lipinski definition) is 0. The minimum Gasteiger partial charge on any atom is -0.169 e. The molecule has 4 heteroatoms. The van der Waals surface area contributed by atoms with Crippen LogP contribution in [0.4, 0.5) is 13.2 Å². The van der Waals surface area contributed by atoms with Gasteiger partial charge in [-0.25, -0.2) is 0 Å². The molecule has 60 valence electrons. The highest BCUT2D eigenvalue weighted by Crippen LogP contribution is 2.51. The van der Waals surface area contributed by atoms with E-state index in [9.17, 15) is 13.2 Å². The molecule has 0 bridgehead atoms. The molecule has 0 saturated heterocycles. The molecule has 1 aliphatic rings. The highest BCUT2D eigenvalue weighted by Gasteiger charge is 2.58. The Morgan fingerprint density at radius 3 is 1.80 bits per heavy atom. The third-order valence-corrected chi connectivity index (χ3v) is 2.42. The fraction of sp³-hybridized carbons (Fsp3) is 1.00. The van der Waals surface area contributed by atoms with E-state index in [1.165, 1.54) is 0 Å². The van der Waals surface area contributed by atoms with Gasteiger partial charge in [-0.3, -0.25) is 0 Å². The van der Waals surface area contributed by atoms with Gasteiger partial charge in [-0.05, 0) is 25.7 Å². The molecule has 0 aromatic carbocycles. The van der Waals surface area contributed by atoms with E-state index in [1.807, 2.05) is 0 Å². The van der Waals surface area contributed by atoms with Crippen molar-refractivity contribution in [3.8, 4) is 0 Å². The molecule has 1 unspecified atom stereocenters. The van der Waals surface area contributed by atoms with Crippen molar-refractivity contribution in [2.75, 3.05) is 0 Å². The second-order valence-corrected chi connectivity index (χ2v) is 3.63. The van der Waals surface area contributed by atoms with Crippen LogP contribution in [0.25, 0.3) is 0 Å². The fourth-order valence-electron chi connectivity index (χ4n) is 0.857. The molecule has 0 aliphatic heterocycles. The zero-order chi connectivity index (χ0) is 7.99. The maximum Gasteiger partial charge on any atom is 0.407 e. The highest BCUT2D eigenvalue weighted by atomic mass is 35.5. The zero-order valence-corrected chi connectivity index (χ0v) is 6.26. The minimum absolute atomic E-state index is 0.353. The number of alkyl halides is 4. The maximum absolute atomic E-state index is 12.0. The fourth-order valence-corrected chi connectivity index (χ4v) is 1.08. The predicted molar refractivity (Wildman–Crippen MR) is 33.0 cm³/mol. The van der Waals surface area contributed by atoms with Crippen molar-refractivity contribution < 1.29 is 13.2 Å². The molecular formula is C6H8ClF3. The van der Waals surface area contributed by atoms with Crippen LogP contribution in [0.3, 0.4) is 0 Å². The van der Waals surface area contributed by atoms with E-state index < -0.39 is 11.1 Å². The third-order valence-electron chi connectivity index (χ3n) is 1.90. The molecule has 0 aromatic heterocycles. The average molecular weight is 173 g/mol. The first-order valence-corrected chi connectivity index (χ1v) is 3.49. The molecule has 1 rings (SSSR count). The van der Waals surface area contributed by atoms with Crippen LogP contribution in [0.5, 0.6) is 0 Å². The van der Waals surface area contributed by atoms with Crippen molar-refractivity contribution in [2.24, 2.45) is 5.92 Å². The summed E-state index contributed by atoms with van der Waals surface area (Å²) < 4.78 is 36.0. The SMILES string of the molecule is CC(Cl)(C1CC1)C(F)(F)F. The van der Waals surface area contributed by atoms with Crippen LogP contribution >= 0.6 is 11.6 Å². The van der Waals surface area contributed by atoms with Crippen molar-refractivity contribution in [3.05, 3.63) is 0 Å². The molecule has 0 radical (unpaired) electrons. The Morgan fingerprint density at radius 2 is 1.70 bits per heavy atom. The van der Waals surface area contributed by atoms with Crippen molar-refractivity contribution in [3.63, 3.8) is 0 Å². The highest BCUT2D eigenvalue weighted by molar-refractivity contribution is 6.24. The van der Waals surface area contributed by atoms with Gasteiger partial charge in [-0.2, -0.15) is 13.2 Å². The van der Waals surface area contributed by atoms with E-state index in [-0.39, 0.29) is 5.92 Å². The first-order chi connectivity index (χ1) is 4.36. The third kappa shape index (κ3) is 1.24. The van der Waals surface area contributed by atoms with Crippen LogP contribution in [-0.2, 0) is 0 Å². The second kappa shape index (κ2) is 2.03. The summed E-state index contributed by atoms with van der Waals surface area (Å²) in [7, 11) is 0. The largest absolute Gasteiger partial charge is 0.407 e. The quantitative estimate of drug-likeness (QED) is 0.534. The van der Waals surface area contributed by atoms with E-state index in [2.05, 4.69) is 0 Å². The Kier molecular flexibility index (Phi) is 1.66. The smallest absolute Gasteiger partial charge is 0.169 e. The van der Waals surface area contributed by atoms with Gasteiger partial charge in [-0.15, -0.1) is 11.6 Å². The molecule has 0 heterocycles. The first-order valence-electron chi connectivity index (χ1n) is 3.11. The van der Waals surface area contributed by atoms with Crippen LogP contribution in [0.1, 0.15) is 19.8 Å². The summed E-state index contributed by atoms with van der Waals surface area (Å²) >= 11 is 5.28. The van der Waals surface area contributed by atoms with Crippen LogP contribution in [0.15, 0.2) is 0 Å². The topological polar surface area (TPSA) is 0 Å². The lowest BCUT2D eigenvalue weighted by Gasteiger charge is -2.24. The molecule has 0 nitrogen and oxygen atoms in total. The van der Waals surface area contributed by atoms with Gasteiger partial charge in [0.05, 0.1) is 0 Å². The van der Waals surface area contributed by atoms with E-state index in [0.717, 1.165) is 6.92 Å². The standard InChI is InChI=1S/C6H8ClF3/c1-5(7,4-2-3-4)6(8,9)10/h4H,2-3H2,1H3. The van der Waals surface area contributed by atoms with E-state index in [0.29, 0.717) is 12.8 Å². The first kappa shape index (κ1) is 8.18. The van der Waals surface area contributed by atoms with Gasteiger partial charge in [-0.1, -0.05) is 0 Å². The number of rotatable bonds is 1. The summed E-state index contributed by atoms with van der Waals surface area (Å²) in [5.74, 6) is -0.353. The molecule has 1 aliphatic carbocycles. The van der Waals surface area contributed by atoms with Crippen LogP contribution in [0, 0.1) is 5.92 Å². The van der Waals surface area contributed by atoms with Gasteiger partial charge < -0.3 is 0 Å². The van der Waals surface area contributed by atoms with Crippen LogP contribution in [0.2, 0.25) is 0 Å². The lowest BCUT2D eigenvalue weighted by molar-refractivity contribution is -0.162. The predicted octanol–water partition coefficient (Wildman–Crippen LogP) is 2.96. The van der Waals surface area contributed by atoms with Crippen molar-refractivity contribution >= 4 is 11.6 Å². The molecule has 0 N–H and O–H groups in total. The molecule has 0 amide bonds. The van der Waals surface area contributed by atoms with Crippen molar-refractivity contribution in [1.29, 1.82) is 0 Å².